The summed E-state index contributed by atoms with van der Waals surface area (Å²) in [5, 5.41) is 3.59. The topological polar surface area (TPSA) is 29.3 Å². The van der Waals surface area contributed by atoms with Crippen molar-refractivity contribution in [2.75, 3.05) is 6.54 Å². The van der Waals surface area contributed by atoms with Crippen molar-refractivity contribution in [3.8, 4) is 0 Å². The SMILES string of the molecule is Cc1nc2ccccn2c1CNCCC1CCCC1. The molecule has 19 heavy (non-hydrogen) atoms. The van der Waals surface area contributed by atoms with Crippen molar-refractivity contribution in [2.24, 2.45) is 5.92 Å². The van der Waals surface area contributed by atoms with Crippen molar-refractivity contribution in [3.63, 3.8) is 0 Å². The summed E-state index contributed by atoms with van der Waals surface area (Å²) in [6.45, 7) is 4.15. The number of fused-ring (bicyclic) bond motifs is 1. The zero-order chi connectivity index (χ0) is 13.1. The number of aryl methyl sites for hydroxylation is 1. The fourth-order valence-electron chi connectivity index (χ4n) is 3.19. The van der Waals surface area contributed by atoms with Gasteiger partial charge in [-0.3, -0.25) is 0 Å². The number of nitrogens with one attached hydrogen (secondary N) is 1. The summed E-state index contributed by atoms with van der Waals surface area (Å²) in [4.78, 5) is 4.59. The predicted octanol–water partition coefficient (Wildman–Crippen LogP) is 3.31. The molecule has 2 aromatic heterocycles. The van der Waals surface area contributed by atoms with Gasteiger partial charge in [-0.15, -0.1) is 0 Å². The summed E-state index contributed by atoms with van der Waals surface area (Å²) in [6.07, 6.45) is 9.19. The number of aromatic nitrogens is 2. The molecular formula is C16H23N3. The number of hydrogen-bond donors (Lipinski definition) is 1. The van der Waals surface area contributed by atoms with Crippen molar-refractivity contribution in [1.82, 2.24) is 14.7 Å². The van der Waals surface area contributed by atoms with E-state index in [0.717, 1.165) is 30.3 Å². The van der Waals surface area contributed by atoms with E-state index in [-0.39, 0.29) is 0 Å². The lowest BCUT2D eigenvalue weighted by molar-refractivity contribution is 0.475. The highest BCUT2D eigenvalue weighted by Gasteiger charge is 2.14. The van der Waals surface area contributed by atoms with Crippen LogP contribution in [0.5, 0.6) is 0 Å². The summed E-state index contributed by atoms with van der Waals surface area (Å²) in [5.74, 6) is 0.968. The fraction of sp³-hybridized carbons (Fsp3) is 0.562. The second-order valence-electron chi connectivity index (χ2n) is 5.69. The Morgan fingerprint density at radius 3 is 3.00 bits per heavy atom. The molecule has 2 heterocycles. The molecule has 0 atom stereocenters. The normalized spacial score (nSPS) is 16.5. The van der Waals surface area contributed by atoms with E-state index in [2.05, 4.69) is 40.0 Å². The minimum atomic E-state index is 0.920. The second kappa shape index (κ2) is 5.74. The average molecular weight is 257 g/mol. The maximum atomic E-state index is 4.59. The molecule has 0 unspecified atom stereocenters. The van der Waals surface area contributed by atoms with E-state index in [4.69, 9.17) is 0 Å². The van der Waals surface area contributed by atoms with Crippen LogP contribution in [-0.2, 0) is 6.54 Å². The van der Waals surface area contributed by atoms with Crippen molar-refractivity contribution in [2.45, 2.75) is 45.6 Å². The first-order valence-electron chi connectivity index (χ1n) is 7.48. The lowest BCUT2D eigenvalue weighted by atomic mass is 10.0. The maximum Gasteiger partial charge on any atom is 0.137 e. The summed E-state index contributed by atoms with van der Waals surface area (Å²) < 4.78 is 2.19. The Balaban J connectivity index is 1.57. The molecule has 0 bridgehead atoms. The van der Waals surface area contributed by atoms with Crippen LogP contribution in [0.4, 0.5) is 0 Å². The Hall–Kier alpha value is -1.35. The Labute approximate surface area is 115 Å². The van der Waals surface area contributed by atoms with Crippen LogP contribution in [0.2, 0.25) is 0 Å². The molecule has 102 valence electrons. The van der Waals surface area contributed by atoms with Crippen molar-refractivity contribution in [3.05, 3.63) is 35.8 Å². The van der Waals surface area contributed by atoms with E-state index < -0.39 is 0 Å². The van der Waals surface area contributed by atoms with Crippen molar-refractivity contribution in [1.29, 1.82) is 0 Å². The number of hydrogen-bond acceptors (Lipinski definition) is 2. The summed E-state index contributed by atoms with van der Waals surface area (Å²) in [6, 6.07) is 6.17. The van der Waals surface area contributed by atoms with Gasteiger partial charge in [-0.25, -0.2) is 4.98 Å². The van der Waals surface area contributed by atoms with Crippen molar-refractivity contribution < 1.29 is 0 Å². The van der Waals surface area contributed by atoms with E-state index in [1.54, 1.807) is 0 Å². The summed E-state index contributed by atoms with van der Waals surface area (Å²) in [7, 11) is 0. The van der Waals surface area contributed by atoms with Crippen LogP contribution >= 0.6 is 0 Å². The van der Waals surface area contributed by atoms with Gasteiger partial charge in [0.15, 0.2) is 0 Å². The maximum absolute atomic E-state index is 4.59. The van der Waals surface area contributed by atoms with Gasteiger partial charge in [-0.05, 0) is 37.9 Å². The van der Waals surface area contributed by atoms with Crippen LogP contribution in [0.1, 0.15) is 43.5 Å². The first kappa shape index (κ1) is 12.7. The van der Waals surface area contributed by atoms with Gasteiger partial charge in [-0.1, -0.05) is 31.7 Å². The highest BCUT2D eigenvalue weighted by atomic mass is 15.0. The Kier molecular flexibility index (Phi) is 3.83. The molecule has 0 aliphatic heterocycles. The van der Waals surface area contributed by atoms with Crippen LogP contribution < -0.4 is 5.32 Å². The molecule has 2 aromatic rings. The Morgan fingerprint density at radius 2 is 2.16 bits per heavy atom. The molecule has 3 heteroatoms. The second-order valence-corrected chi connectivity index (χ2v) is 5.69. The first-order valence-corrected chi connectivity index (χ1v) is 7.48. The molecular weight excluding hydrogens is 234 g/mol. The largest absolute Gasteiger partial charge is 0.311 e. The summed E-state index contributed by atoms with van der Waals surface area (Å²) in [5.41, 5.74) is 3.48. The van der Waals surface area contributed by atoms with Crippen LogP contribution in [0.25, 0.3) is 5.65 Å². The van der Waals surface area contributed by atoms with Crippen LogP contribution in [0.3, 0.4) is 0 Å². The third-order valence-electron chi connectivity index (χ3n) is 4.33. The molecule has 1 aliphatic carbocycles. The van der Waals surface area contributed by atoms with Crippen LogP contribution in [0, 0.1) is 12.8 Å². The fourth-order valence-corrected chi connectivity index (χ4v) is 3.19. The molecule has 0 amide bonds. The third-order valence-corrected chi connectivity index (χ3v) is 4.33. The lowest BCUT2D eigenvalue weighted by Crippen LogP contribution is -2.18. The zero-order valence-corrected chi connectivity index (χ0v) is 11.7. The molecule has 1 fully saturated rings. The van der Waals surface area contributed by atoms with E-state index >= 15 is 0 Å². The molecule has 1 saturated carbocycles. The van der Waals surface area contributed by atoms with Crippen LogP contribution in [-0.4, -0.2) is 15.9 Å². The highest BCUT2D eigenvalue weighted by molar-refractivity contribution is 5.42. The number of rotatable bonds is 5. The van der Waals surface area contributed by atoms with Gasteiger partial charge in [-0.2, -0.15) is 0 Å². The molecule has 3 nitrogen and oxygen atoms in total. The first-order chi connectivity index (χ1) is 9.34. The van der Waals surface area contributed by atoms with Gasteiger partial charge in [0.25, 0.3) is 0 Å². The van der Waals surface area contributed by atoms with E-state index in [0.29, 0.717) is 0 Å². The van der Waals surface area contributed by atoms with Crippen molar-refractivity contribution >= 4 is 5.65 Å². The monoisotopic (exact) mass is 257 g/mol. The molecule has 1 N–H and O–H groups in total. The molecule has 0 spiro atoms. The smallest absolute Gasteiger partial charge is 0.137 e. The number of nitrogens with zero attached hydrogens (tertiary/aromatic N) is 2. The highest BCUT2D eigenvalue weighted by Crippen LogP contribution is 2.26. The van der Waals surface area contributed by atoms with Gasteiger partial charge < -0.3 is 9.72 Å². The lowest BCUT2D eigenvalue weighted by Gasteiger charge is -2.10. The van der Waals surface area contributed by atoms with Gasteiger partial charge in [0, 0.05) is 12.7 Å². The minimum Gasteiger partial charge on any atom is -0.311 e. The quantitative estimate of drug-likeness (QED) is 0.833. The predicted molar refractivity (Wildman–Crippen MR) is 78.2 cm³/mol. The molecule has 0 radical (unpaired) electrons. The summed E-state index contributed by atoms with van der Waals surface area (Å²) >= 11 is 0. The third kappa shape index (κ3) is 2.81. The number of imidazole rings is 1. The molecule has 0 aromatic carbocycles. The van der Waals surface area contributed by atoms with Gasteiger partial charge in [0.2, 0.25) is 0 Å². The Morgan fingerprint density at radius 1 is 1.32 bits per heavy atom. The zero-order valence-electron chi connectivity index (χ0n) is 11.7. The molecule has 1 aliphatic rings. The van der Waals surface area contributed by atoms with E-state index in [9.17, 15) is 0 Å². The van der Waals surface area contributed by atoms with Crippen LogP contribution in [0.15, 0.2) is 24.4 Å². The van der Waals surface area contributed by atoms with Gasteiger partial charge in [0.05, 0.1) is 11.4 Å². The molecule has 3 rings (SSSR count). The van der Waals surface area contributed by atoms with E-state index in [1.807, 2.05) is 6.07 Å². The average Bonchev–Trinajstić information content (AvgIpc) is 3.02. The number of pyridine rings is 1. The van der Waals surface area contributed by atoms with Gasteiger partial charge >= 0.3 is 0 Å². The molecule has 0 saturated heterocycles. The standard InChI is InChI=1S/C16H23N3/c1-13-15(19-11-5-4-8-16(19)18-13)12-17-10-9-14-6-2-3-7-14/h4-5,8,11,14,17H,2-3,6-7,9-10,12H2,1H3. The minimum absolute atomic E-state index is 0.920. The van der Waals surface area contributed by atoms with E-state index in [1.165, 1.54) is 37.8 Å². The van der Waals surface area contributed by atoms with Gasteiger partial charge in [0.1, 0.15) is 5.65 Å². The Bertz CT molecular complexity index is 538.